The predicted molar refractivity (Wildman–Crippen MR) is 105 cm³/mol. The quantitative estimate of drug-likeness (QED) is 0.711. The second kappa shape index (κ2) is 7.51. The Bertz CT molecular complexity index is 1030. The van der Waals surface area contributed by atoms with Gasteiger partial charge in [-0.3, -0.25) is 9.78 Å². The van der Waals surface area contributed by atoms with E-state index < -0.39 is 6.04 Å². The molecular formula is C20H20N6O2. The molecule has 0 saturated carbocycles. The first kappa shape index (κ1) is 17.7. The van der Waals surface area contributed by atoms with Gasteiger partial charge in [0.05, 0.1) is 17.9 Å². The van der Waals surface area contributed by atoms with E-state index in [1.165, 1.54) is 6.33 Å². The molecule has 2 N–H and O–H groups in total. The van der Waals surface area contributed by atoms with Gasteiger partial charge in [0.25, 0.3) is 5.91 Å². The fourth-order valence-corrected chi connectivity index (χ4v) is 3.28. The number of anilines is 2. The van der Waals surface area contributed by atoms with Gasteiger partial charge in [-0.2, -0.15) is 10.1 Å². The smallest absolute Gasteiger partial charge is 0.255 e. The molecule has 1 atom stereocenters. The lowest BCUT2D eigenvalue weighted by molar-refractivity contribution is -0.113. The van der Waals surface area contributed by atoms with Gasteiger partial charge in [0.1, 0.15) is 18.1 Å². The minimum atomic E-state index is -0.416. The van der Waals surface area contributed by atoms with Gasteiger partial charge < -0.3 is 15.4 Å². The summed E-state index contributed by atoms with van der Waals surface area (Å²) in [5.74, 6) is 0.980. The number of hydrogen-bond donors (Lipinski definition) is 2. The topological polar surface area (TPSA) is 94.0 Å². The average molecular weight is 376 g/mol. The van der Waals surface area contributed by atoms with Crippen molar-refractivity contribution in [2.24, 2.45) is 0 Å². The van der Waals surface area contributed by atoms with Gasteiger partial charge in [0.2, 0.25) is 5.95 Å². The van der Waals surface area contributed by atoms with Crippen molar-refractivity contribution in [2.75, 3.05) is 17.2 Å². The van der Waals surface area contributed by atoms with Crippen LogP contribution >= 0.6 is 0 Å². The number of fused-ring (bicyclic) bond motifs is 1. The zero-order chi connectivity index (χ0) is 19.5. The summed E-state index contributed by atoms with van der Waals surface area (Å²) in [6.07, 6.45) is 4.86. The lowest BCUT2D eigenvalue weighted by atomic mass is 9.96. The Morgan fingerprint density at radius 1 is 1.25 bits per heavy atom. The molecule has 3 aromatic rings. The number of nitrogens with zero attached hydrogens (tertiary/aromatic N) is 4. The second-order valence-electron chi connectivity index (χ2n) is 6.26. The normalized spacial score (nSPS) is 15.6. The maximum atomic E-state index is 13.3. The van der Waals surface area contributed by atoms with Crippen molar-refractivity contribution in [3.63, 3.8) is 0 Å². The van der Waals surface area contributed by atoms with Crippen LogP contribution < -0.4 is 15.4 Å². The van der Waals surface area contributed by atoms with E-state index in [9.17, 15) is 4.79 Å². The molecule has 3 heterocycles. The maximum absolute atomic E-state index is 13.3. The predicted octanol–water partition coefficient (Wildman–Crippen LogP) is 3.00. The summed E-state index contributed by atoms with van der Waals surface area (Å²) in [4.78, 5) is 21.6. The van der Waals surface area contributed by atoms with E-state index in [4.69, 9.17) is 4.74 Å². The molecule has 28 heavy (non-hydrogen) atoms. The van der Waals surface area contributed by atoms with Crippen molar-refractivity contribution in [1.82, 2.24) is 19.7 Å². The molecule has 0 aliphatic carbocycles. The first-order chi connectivity index (χ1) is 13.7. The minimum Gasteiger partial charge on any atom is -0.492 e. The number of rotatable bonds is 5. The first-order valence-corrected chi connectivity index (χ1v) is 8.99. The van der Waals surface area contributed by atoms with Crippen molar-refractivity contribution in [3.8, 4) is 5.75 Å². The van der Waals surface area contributed by atoms with E-state index in [1.54, 1.807) is 17.1 Å². The summed E-state index contributed by atoms with van der Waals surface area (Å²) < 4.78 is 7.33. The van der Waals surface area contributed by atoms with Crippen molar-refractivity contribution in [3.05, 3.63) is 72.0 Å². The number of benzene rings is 1. The highest BCUT2D eigenvalue weighted by atomic mass is 16.5. The molecule has 4 rings (SSSR count). The number of para-hydroxylation sites is 2. The summed E-state index contributed by atoms with van der Waals surface area (Å²) in [6, 6.07) is 10.7. The maximum Gasteiger partial charge on any atom is 0.255 e. The summed E-state index contributed by atoms with van der Waals surface area (Å²) in [5.41, 5.74) is 2.78. The number of carbonyl (C=O) groups is 1. The zero-order valence-corrected chi connectivity index (χ0v) is 15.6. The van der Waals surface area contributed by atoms with Gasteiger partial charge in [-0.1, -0.05) is 12.1 Å². The van der Waals surface area contributed by atoms with Crippen LogP contribution in [0, 0.1) is 0 Å². The van der Waals surface area contributed by atoms with Crippen LogP contribution in [0.2, 0.25) is 0 Å². The van der Waals surface area contributed by atoms with Gasteiger partial charge in [-0.15, -0.1) is 0 Å². The Morgan fingerprint density at radius 2 is 2.04 bits per heavy atom. The fourth-order valence-electron chi connectivity index (χ4n) is 3.28. The Balaban J connectivity index is 1.73. The van der Waals surface area contributed by atoms with E-state index in [1.807, 2.05) is 50.2 Å². The molecule has 2 aromatic heterocycles. The molecule has 0 radical (unpaired) electrons. The highest BCUT2D eigenvalue weighted by Gasteiger charge is 2.33. The van der Waals surface area contributed by atoms with E-state index >= 15 is 0 Å². The van der Waals surface area contributed by atoms with Crippen molar-refractivity contribution < 1.29 is 9.53 Å². The van der Waals surface area contributed by atoms with E-state index in [-0.39, 0.29) is 5.91 Å². The van der Waals surface area contributed by atoms with Gasteiger partial charge in [0.15, 0.2) is 0 Å². The highest BCUT2D eigenvalue weighted by Crippen LogP contribution is 2.35. The number of amides is 1. The van der Waals surface area contributed by atoms with Gasteiger partial charge in [-0.05, 0) is 43.7 Å². The Morgan fingerprint density at radius 3 is 2.82 bits per heavy atom. The van der Waals surface area contributed by atoms with Crippen molar-refractivity contribution >= 4 is 17.5 Å². The number of carbonyl (C=O) groups excluding carboxylic acids is 1. The third-order valence-electron chi connectivity index (χ3n) is 4.50. The molecule has 0 bridgehead atoms. The van der Waals surface area contributed by atoms with E-state index in [0.29, 0.717) is 35.3 Å². The summed E-state index contributed by atoms with van der Waals surface area (Å²) in [6.45, 7) is 4.27. The molecular weight excluding hydrogens is 356 g/mol. The SMILES string of the molecule is CCOc1ccccc1NC(=O)C1=C(C)Nc2ncnn2C1c1ccncc1. The Kier molecular flexibility index (Phi) is 4.76. The molecule has 142 valence electrons. The van der Waals surface area contributed by atoms with Crippen LogP contribution in [0.5, 0.6) is 5.75 Å². The van der Waals surface area contributed by atoms with Crippen LogP contribution in [-0.4, -0.2) is 32.3 Å². The summed E-state index contributed by atoms with van der Waals surface area (Å²) >= 11 is 0. The van der Waals surface area contributed by atoms with Crippen LogP contribution in [0.1, 0.15) is 25.5 Å². The van der Waals surface area contributed by atoms with Crippen LogP contribution in [0.3, 0.4) is 0 Å². The molecule has 8 nitrogen and oxygen atoms in total. The largest absolute Gasteiger partial charge is 0.492 e. The molecule has 1 aliphatic heterocycles. The van der Waals surface area contributed by atoms with Crippen LogP contribution in [0.15, 0.2) is 66.4 Å². The second-order valence-corrected chi connectivity index (χ2v) is 6.26. The molecule has 1 aromatic carbocycles. The third-order valence-corrected chi connectivity index (χ3v) is 4.50. The number of nitrogens with one attached hydrogen (secondary N) is 2. The molecule has 8 heteroatoms. The summed E-state index contributed by atoms with van der Waals surface area (Å²) in [5, 5.41) is 10.5. The van der Waals surface area contributed by atoms with Crippen LogP contribution in [-0.2, 0) is 4.79 Å². The molecule has 1 amide bonds. The van der Waals surface area contributed by atoms with Gasteiger partial charge in [-0.25, -0.2) is 4.68 Å². The molecule has 0 fully saturated rings. The van der Waals surface area contributed by atoms with E-state index in [0.717, 1.165) is 5.56 Å². The monoisotopic (exact) mass is 376 g/mol. The Labute approximate surface area is 162 Å². The number of hydrogen-bond acceptors (Lipinski definition) is 6. The fraction of sp³-hybridized carbons (Fsp3) is 0.200. The van der Waals surface area contributed by atoms with E-state index in [2.05, 4.69) is 25.7 Å². The van der Waals surface area contributed by atoms with Crippen molar-refractivity contribution in [2.45, 2.75) is 19.9 Å². The number of pyridine rings is 1. The van der Waals surface area contributed by atoms with Crippen LogP contribution in [0.4, 0.5) is 11.6 Å². The summed E-state index contributed by atoms with van der Waals surface area (Å²) in [7, 11) is 0. The number of allylic oxidation sites excluding steroid dienone is 1. The number of ether oxygens (including phenoxy) is 1. The molecule has 1 aliphatic rings. The minimum absolute atomic E-state index is 0.236. The Hall–Kier alpha value is -3.68. The van der Waals surface area contributed by atoms with Gasteiger partial charge >= 0.3 is 0 Å². The highest BCUT2D eigenvalue weighted by molar-refractivity contribution is 6.06. The van der Waals surface area contributed by atoms with Crippen LogP contribution in [0.25, 0.3) is 0 Å². The lowest BCUT2D eigenvalue weighted by Gasteiger charge is -2.28. The zero-order valence-electron chi connectivity index (χ0n) is 15.6. The number of aromatic nitrogens is 4. The average Bonchev–Trinajstić information content (AvgIpc) is 3.17. The standard InChI is InChI=1S/C20H20N6O2/c1-3-28-16-7-5-4-6-15(16)25-19(27)17-13(2)24-20-22-12-23-26(20)18(17)14-8-10-21-11-9-14/h4-12,18H,3H2,1-2H3,(H,25,27)(H,22,23,24). The van der Waals surface area contributed by atoms with Gasteiger partial charge in [0, 0.05) is 18.1 Å². The van der Waals surface area contributed by atoms with Crippen molar-refractivity contribution in [1.29, 1.82) is 0 Å². The molecule has 1 unspecified atom stereocenters. The molecule has 0 saturated heterocycles. The third kappa shape index (κ3) is 3.20. The molecule has 0 spiro atoms. The first-order valence-electron chi connectivity index (χ1n) is 8.99. The lowest BCUT2D eigenvalue weighted by Crippen LogP contribution is -2.31.